The predicted molar refractivity (Wildman–Crippen MR) is 116 cm³/mol. The summed E-state index contributed by atoms with van der Waals surface area (Å²) in [6.45, 7) is 1.65. The highest BCUT2D eigenvalue weighted by Crippen LogP contribution is 2.26. The molecular weight excluding hydrogens is 398 g/mol. The van der Waals surface area contributed by atoms with Crippen molar-refractivity contribution in [1.29, 1.82) is 0 Å². The number of benzene rings is 2. The van der Waals surface area contributed by atoms with Gasteiger partial charge in [0.05, 0.1) is 38.1 Å². The summed E-state index contributed by atoms with van der Waals surface area (Å²) in [4.78, 5) is 29.1. The normalized spacial score (nSPS) is 10.8. The Hall–Kier alpha value is -3.87. The molecule has 0 radical (unpaired) electrons. The average Bonchev–Trinajstić information content (AvgIpc) is 2.80. The lowest BCUT2D eigenvalue weighted by molar-refractivity contribution is -0.139. The molecule has 2 aromatic carbocycles. The van der Waals surface area contributed by atoms with Crippen LogP contribution < -0.4 is 9.47 Å². The monoisotopic (exact) mass is 421 g/mol. The second-order valence-corrected chi connectivity index (χ2v) is 6.62. The van der Waals surface area contributed by atoms with Crippen molar-refractivity contribution in [3.63, 3.8) is 0 Å². The number of nitrogens with zero attached hydrogens (tertiary/aromatic N) is 1. The zero-order valence-electron chi connectivity index (χ0n) is 17.8. The molecule has 0 atom stereocenters. The van der Waals surface area contributed by atoms with Crippen LogP contribution in [0.15, 0.2) is 48.5 Å². The quantitative estimate of drug-likeness (QED) is 0.419. The van der Waals surface area contributed by atoms with Crippen LogP contribution >= 0.6 is 0 Å². The molecule has 0 bridgehead atoms. The van der Waals surface area contributed by atoms with E-state index in [0.29, 0.717) is 33.8 Å². The second-order valence-electron chi connectivity index (χ2n) is 6.62. The van der Waals surface area contributed by atoms with Crippen LogP contribution in [-0.4, -0.2) is 38.3 Å². The first-order chi connectivity index (χ1) is 15.0. The number of methoxy groups -OCH3 is 3. The molecule has 31 heavy (non-hydrogen) atoms. The molecule has 3 rings (SSSR count). The Labute approximate surface area is 180 Å². The van der Waals surface area contributed by atoms with Crippen LogP contribution in [0.5, 0.6) is 11.5 Å². The van der Waals surface area contributed by atoms with Gasteiger partial charge >= 0.3 is 11.9 Å². The molecule has 0 aliphatic carbocycles. The van der Waals surface area contributed by atoms with E-state index in [1.165, 1.54) is 20.3 Å². The van der Waals surface area contributed by atoms with Gasteiger partial charge in [-0.25, -0.2) is 14.6 Å². The Bertz CT molecular complexity index is 1150. The van der Waals surface area contributed by atoms with Crippen molar-refractivity contribution in [1.82, 2.24) is 4.98 Å². The number of hydrogen-bond donors (Lipinski definition) is 0. The maximum Gasteiger partial charge on any atom is 0.340 e. The highest BCUT2D eigenvalue weighted by molar-refractivity contribution is 5.98. The zero-order chi connectivity index (χ0) is 22.4. The third-order valence-electron chi connectivity index (χ3n) is 4.81. The van der Waals surface area contributed by atoms with E-state index in [9.17, 15) is 9.59 Å². The topological polar surface area (TPSA) is 84.0 Å². The Balaban J connectivity index is 1.81. The molecule has 1 aromatic heterocycles. The molecule has 0 saturated carbocycles. The number of aryl methyl sites for hydroxylation is 1. The summed E-state index contributed by atoms with van der Waals surface area (Å²) < 4.78 is 20.7. The summed E-state index contributed by atoms with van der Waals surface area (Å²) in [5, 5.41) is 0.837. The van der Waals surface area contributed by atoms with Crippen molar-refractivity contribution in [2.45, 2.75) is 13.5 Å². The van der Waals surface area contributed by atoms with E-state index in [4.69, 9.17) is 18.9 Å². The molecule has 3 aromatic rings. The van der Waals surface area contributed by atoms with E-state index in [2.05, 4.69) is 4.98 Å². The summed E-state index contributed by atoms with van der Waals surface area (Å²) in [6.07, 6.45) is 2.87. The maximum atomic E-state index is 12.3. The van der Waals surface area contributed by atoms with Crippen molar-refractivity contribution in [2.24, 2.45) is 0 Å². The van der Waals surface area contributed by atoms with Crippen molar-refractivity contribution < 1.29 is 28.5 Å². The lowest BCUT2D eigenvalue weighted by Crippen LogP contribution is -2.13. The third kappa shape index (κ3) is 4.83. The molecule has 0 unspecified atom stereocenters. The molecule has 0 saturated heterocycles. The van der Waals surface area contributed by atoms with Gasteiger partial charge in [0.1, 0.15) is 18.1 Å². The fourth-order valence-corrected chi connectivity index (χ4v) is 3.22. The van der Waals surface area contributed by atoms with Crippen LogP contribution in [0.25, 0.3) is 17.0 Å². The Morgan fingerprint density at radius 2 is 1.81 bits per heavy atom. The van der Waals surface area contributed by atoms with Gasteiger partial charge < -0.3 is 18.9 Å². The minimum Gasteiger partial charge on any atom is -0.497 e. The third-order valence-corrected chi connectivity index (χ3v) is 4.81. The minimum atomic E-state index is -0.582. The van der Waals surface area contributed by atoms with Crippen molar-refractivity contribution in [2.75, 3.05) is 21.3 Å². The van der Waals surface area contributed by atoms with Crippen molar-refractivity contribution >= 4 is 28.9 Å². The van der Waals surface area contributed by atoms with Gasteiger partial charge in [-0.2, -0.15) is 0 Å². The number of hydrogen-bond acceptors (Lipinski definition) is 7. The lowest BCUT2D eigenvalue weighted by atomic mass is 10.0. The smallest absolute Gasteiger partial charge is 0.340 e. The number of carbonyl (C=O) groups excluding carboxylic acids is 2. The molecule has 7 nitrogen and oxygen atoms in total. The number of carbonyl (C=O) groups is 2. The van der Waals surface area contributed by atoms with Crippen LogP contribution in [0.3, 0.4) is 0 Å². The fraction of sp³-hybridized carbons (Fsp3) is 0.208. The number of rotatable bonds is 7. The average molecular weight is 421 g/mol. The van der Waals surface area contributed by atoms with Crippen LogP contribution in [0.1, 0.15) is 27.2 Å². The number of aromatic nitrogens is 1. The number of para-hydroxylation sites is 1. The first-order valence-corrected chi connectivity index (χ1v) is 9.51. The number of ether oxygens (including phenoxy) is 4. The van der Waals surface area contributed by atoms with Gasteiger partial charge in [0.25, 0.3) is 0 Å². The molecular formula is C24H23NO6. The summed E-state index contributed by atoms with van der Waals surface area (Å²) in [5.74, 6) is 0.0921. The summed E-state index contributed by atoms with van der Waals surface area (Å²) in [6, 6.07) is 12.7. The number of esters is 2. The highest BCUT2D eigenvalue weighted by atomic mass is 16.5. The van der Waals surface area contributed by atoms with E-state index < -0.39 is 11.9 Å². The lowest BCUT2D eigenvalue weighted by Gasteiger charge is -2.13. The Kier molecular flexibility index (Phi) is 6.87. The zero-order valence-corrected chi connectivity index (χ0v) is 17.8. The van der Waals surface area contributed by atoms with Crippen LogP contribution in [0.4, 0.5) is 0 Å². The molecule has 0 N–H and O–H groups in total. The Morgan fingerprint density at radius 3 is 2.52 bits per heavy atom. The molecule has 0 amide bonds. The molecule has 0 aliphatic heterocycles. The van der Waals surface area contributed by atoms with Crippen LogP contribution in [0.2, 0.25) is 0 Å². The number of fused-ring (bicyclic) bond motifs is 1. The van der Waals surface area contributed by atoms with Gasteiger partial charge in [0, 0.05) is 23.1 Å². The second kappa shape index (κ2) is 9.75. The SMILES string of the molecule is COC(=O)c1c(COC(=O)/C=C/c2ccc(OC)cc2OC)nc2ccccc2c1C. The van der Waals surface area contributed by atoms with Crippen LogP contribution in [-0.2, 0) is 20.9 Å². The van der Waals surface area contributed by atoms with E-state index in [-0.39, 0.29) is 6.61 Å². The fourth-order valence-electron chi connectivity index (χ4n) is 3.22. The van der Waals surface area contributed by atoms with E-state index in [1.54, 1.807) is 31.4 Å². The first-order valence-electron chi connectivity index (χ1n) is 9.51. The van der Waals surface area contributed by atoms with Gasteiger partial charge in [0.2, 0.25) is 0 Å². The highest BCUT2D eigenvalue weighted by Gasteiger charge is 2.20. The predicted octanol–water partition coefficient (Wildman–Crippen LogP) is 4.10. The van der Waals surface area contributed by atoms with Gasteiger partial charge in [-0.15, -0.1) is 0 Å². The summed E-state index contributed by atoms with van der Waals surface area (Å²) >= 11 is 0. The van der Waals surface area contributed by atoms with Gasteiger partial charge in [-0.3, -0.25) is 0 Å². The minimum absolute atomic E-state index is 0.168. The summed E-state index contributed by atoms with van der Waals surface area (Å²) in [5.41, 5.74) is 2.76. The molecule has 0 aliphatic rings. The van der Waals surface area contributed by atoms with Crippen molar-refractivity contribution in [3.05, 3.63) is 70.9 Å². The van der Waals surface area contributed by atoms with Crippen LogP contribution in [0, 0.1) is 6.92 Å². The molecule has 0 spiro atoms. The Morgan fingerprint density at radius 1 is 1.03 bits per heavy atom. The standard InChI is InChI=1S/C24H23NO6/c1-15-18-7-5-6-8-19(18)25-20(23(15)24(27)30-4)14-31-22(26)12-10-16-9-11-17(28-2)13-21(16)29-3/h5-13H,14H2,1-4H3/b12-10+. The molecule has 160 valence electrons. The van der Waals surface area contributed by atoms with Gasteiger partial charge in [0.15, 0.2) is 0 Å². The molecule has 0 fully saturated rings. The maximum absolute atomic E-state index is 12.3. The van der Waals surface area contributed by atoms with E-state index >= 15 is 0 Å². The molecule has 7 heteroatoms. The first kappa shape index (κ1) is 21.8. The summed E-state index contributed by atoms with van der Waals surface area (Å²) in [7, 11) is 4.40. The van der Waals surface area contributed by atoms with Gasteiger partial charge in [-0.05, 0) is 36.8 Å². The van der Waals surface area contributed by atoms with Crippen molar-refractivity contribution in [3.8, 4) is 11.5 Å². The van der Waals surface area contributed by atoms with E-state index in [0.717, 1.165) is 10.9 Å². The van der Waals surface area contributed by atoms with E-state index in [1.807, 2.05) is 31.2 Å². The number of pyridine rings is 1. The molecule has 1 heterocycles. The largest absolute Gasteiger partial charge is 0.497 e. The van der Waals surface area contributed by atoms with Gasteiger partial charge in [-0.1, -0.05) is 18.2 Å².